The standard InChI is InChI=1S/C4F5N2S/c5-3(6,4(7,8)9)2-10-1-11-12-2. The lowest BCUT2D eigenvalue weighted by molar-refractivity contribution is -0.289. The van der Waals surface area contributed by atoms with E-state index in [0.29, 0.717) is 0 Å². The van der Waals surface area contributed by atoms with E-state index in [0.717, 1.165) is 0 Å². The molecule has 1 aromatic heterocycles. The number of aromatic nitrogens is 2. The Hall–Kier alpha value is -0.790. The molecule has 0 spiro atoms. The van der Waals surface area contributed by atoms with E-state index >= 15 is 0 Å². The molecule has 0 bridgehead atoms. The Balaban J connectivity index is 3.02. The van der Waals surface area contributed by atoms with Crippen molar-refractivity contribution in [3.63, 3.8) is 0 Å². The molecule has 0 unspecified atom stereocenters. The minimum atomic E-state index is -5.62. The SMILES string of the molecule is FC(F)(F)C(F)(F)c1n[c]ns1. The maximum Gasteiger partial charge on any atom is 0.460 e. The highest BCUT2D eigenvalue weighted by Crippen LogP contribution is 2.43. The number of hydrogen-bond donors (Lipinski definition) is 0. The second-order valence-corrected chi connectivity index (χ2v) is 2.52. The lowest BCUT2D eigenvalue weighted by Crippen LogP contribution is -2.33. The summed E-state index contributed by atoms with van der Waals surface area (Å²) in [5.41, 5.74) is 0. The van der Waals surface area contributed by atoms with E-state index in [-0.39, 0.29) is 11.5 Å². The van der Waals surface area contributed by atoms with Crippen LogP contribution in [0.4, 0.5) is 22.0 Å². The van der Waals surface area contributed by atoms with Crippen LogP contribution in [0.25, 0.3) is 0 Å². The smallest absolute Gasteiger partial charge is 0.210 e. The van der Waals surface area contributed by atoms with Gasteiger partial charge in [-0.3, -0.25) is 0 Å². The molecule has 1 aromatic rings. The highest BCUT2D eigenvalue weighted by Gasteiger charge is 2.61. The molecular formula is C4F5N2S. The summed E-state index contributed by atoms with van der Waals surface area (Å²) in [5.74, 6) is -4.93. The topological polar surface area (TPSA) is 25.8 Å². The first-order valence-electron chi connectivity index (χ1n) is 2.50. The van der Waals surface area contributed by atoms with Crippen LogP contribution in [0, 0.1) is 6.33 Å². The van der Waals surface area contributed by atoms with Crippen molar-refractivity contribution in [2.75, 3.05) is 0 Å². The van der Waals surface area contributed by atoms with E-state index in [1.807, 2.05) is 0 Å². The number of halogens is 5. The Bertz CT molecular complexity index is 253. The fraction of sp³-hybridized carbons (Fsp3) is 0.500. The minimum absolute atomic E-state index is 0.0299. The third-order valence-corrected chi connectivity index (χ3v) is 1.64. The van der Waals surface area contributed by atoms with Crippen LogP contribution in [0.3, 0.4) is 0 Å². The van der Waals surface area contributed by atoms with Gasteiger partial charge in [0.2, 0.25) is 6.33 Å². The Morgan fingerprint density at radius 3 is 2.08 bits per heavy atom. The van der Waals surface area contributed by atoms with Crippen LogP contribution in [-0.4, -0.2) is 15.5 Å². The summed E-state index contributed by atoms with van der Waals surface area (Å²) < 4.78 is 62.2. The van der Waals surface area contributed by atoms with Crippen LogP contribution in [0.5, 0.6) is 0 Å². The predicted molar refractivity (Wildman–Crippen MR) is 28.7 cm³/mol. The van der Waals surface area contributed by atoms with Crippen LogP contribution >= 0.6 is 11.5 Å². The summed E-state index contributed by atoms with van der Waals surface area (Å²) in [6, 6.07) is 0. The third kappa shape index (κ3) is 1.38. The lowest BCUT2D eigenvalue weighted by atomic mass is 10.3. The Labute approximate surface area is 67.2 Å². The first-order valence-corrected chi connectivity index (χ1v) is 3.28. The van der Waals surface area contributed by atoms with Gasteiger partial charge in [0.15, 0.2) is 5.01 Å². The van der Waals surface area contributed by atoms with Crippen LogP contribution in [0.15, 0.2) is 0 Å². The highest BCUT2D eigenvalue weighted by molar-refractivity contribution is 7.05. The fourth-order valence-corrected chi connectivity index (χ4v) is 0.879. The van der Waals surface area contributed by atoms with Gasteiger partial charge in [0.05, 0.1) is 0 Å². The molecule has 0 N–H and O–H groups in total. The summed E-state index contributed by atoms with van der Waals surface area (Å²) in [6.45, 7) is 0. The second kappa shape index (κ2) is 2.61. The zero-order valence-electron chi connectivity index (χ0n) is 5.19. The second-order valence-electron chi connectivity index (χ2n) is 1.77. The van der Waals surface area contributed by atoms with Crippen LogP contribution in [0.2, 0.25) is 0 Å². The van der Waals surface area contributed by atoms with Crippen molar-refractivity contribution < 1.29 is 22.0 Å². The zero-order valence-corrected chi connectivity index (χ0v) is 6.01. The molecule has 8 heteroatoms. The van der Waals surface area contributed by atoms with E-state index in [1.165, 1.54) is 0 Å². The molecule has 0 aliphatic carbocycles. The van der Waals surface area contributed by atoms with E-state index < -0.39 is 17.1 Å². The first kappa shape index (κ1) is 9.30. The highest BCUT2D eigenvalue weighted by atomic mass is 32.1. The monoisotopic (exact) mass is 203 g/mol. The number of rotatable bonds is 1. The normalized spacial score (nSPS) is 13.4. The molecule has 1 heterocycles. The van der Waals surface area contributed by atoms with Gasteiger partial charge in [0.1, 0.15) is 0 Å². The van der Waals surface area contributed by atoms with E-state index in [9.17, 15) is 22.0 Å². The van der Waals surface area contributed by atoms with Crippen molar-refractivity contribution >= 4 is 11.5 Å². The van der Waals surface area contributed by atoms with Crippen molar-refractivity contribution in [1.29, 1.82) is 0 Å². The zero-order chi connectivity index (χ0) is 9.41. The van der Waals surface area contributed by atoms with Gasteiger partial charge in [-0.15, -0.1) is 0 Å². The van der Waals surface area contributed by atoms with Gasteiger partial charge in [-0.2, -0.15) is 26.3 Å². The van der Waals surface area contributed by atoms with E-state index in [1.54, 1.807) is 6.33 Å². The first-order chi connectivity index (χ1) is 5.36. The van der Waals surface area contributed by atoms with Crippen molar-refractivity contribution in [2.24, 2.45) is 0 Å². The van der Waals surface area contributed by atoms with Gasteiger partial charge in [0, 0.05) is 0 Å². The van der Waals surface area contributed by atoms with E-state index in [2.05, 4.69) is 9.36 Å². The molecule has 2 nitrogen and oxygen atoms in total. The molecule has 0 fully saturated rings. The van der Waals surface area contributed by atoms with Crippen LogP contribution in [-0.2, 0) is 5.92 Å². The van der Waals surface area contributed by atoms with E-state index in [4.69, 9.17) is 0 Å². The summed E-state index contributed by atoms with van der Waals surface area (Å²) in [4.78, 5) is 2.67. The predicted octanol–water partition coefficient (Wildman–Crippen LogP) is 1.99. The van der Waals surface area contributed by atoms with Gasteiger partial charge in [0.25, 0.3) is 0 Å². The molecule has 12 heavy (non-hydrogen) atoms. The maximum absolute atomic E-state index is 12.3. The molecule has 0 aromatic carbocycles. The van der Waals surface area contributed by atoms with Crippen molar-refractivity contribution in [2.45, 2.75) is 12.1 Å². The average molecular weight is 203 g/mol. The van der Waals surface area contributed by atoms with Gasteiger partial charge in [-0.25, -0.2) is 4.98 Å². The third-order valence-electron chi connectivity index (χ3n) is 0.949. The van der Waals surface area contributed by atoms with Crippen molar-refractivity contribution in [3.05, 3.63) is 11.3 Å². The molecule has 0 atom stereocenters. The molecule has 0 aliphatic rings. The molecule has 0 saturated carbocycles. The molecule has 0 aliphatic heterocycles. The Morgan fingerprint density at radius 1 is 1.17 bits per heavy atom. The maximum atomic E-state index is 12.3. The summed E-state index contributed by atoms with van der Waals surface area (Å²) in [6.07, 6.45) is -3.98. The molecule has 1 rings (SSSR count). The van der Waals surface area contributed by atoms with Crippen LogP contribution < -0.4 is 0 Å². The molecule has 0 amide bonds. The molecule has 1 radical (unpaired) electrons. The average Bonchev–Trinajstić information content (AvgIpc) is 2.34. The van der Waals surface area contributed by atoms with Gasteiger partial charge in [-0.1, -0.05) is 0 Å². The quantitative estimate of drug-likeness (QED) is 0.652. The number of nitrogens with zero attached hydrogens (tertiary/aromatic N) is 2. The van der Waals surface area contributed by atoms with Crippen molar-refractivity contribution in [1.82, 2.24) is 9.36 Å². The summed E-state index contributed by atoms with van der Waals surface area (Å²) in [7, 11) is 0. The minimum Gasteiger partial charge on any atom is -0.210 e. The van der Waals surface area contributed by atoms with Gasteiger partial charge in [-0.05, 0) is 11.5 Å². The Morgan fingerprint density at radius 2 is 1.75 bits per heavy atom. The van der Waals surface area contributed by atoms with Crippen molar-refractivity contribution in [3.8, 4) is 0 Å². The molecule has 0 saturated heterocycles. The van der Waals surface area contributed by atoms with Gasteiger partial charge < -0.3 is 0 Å². The number of hydrogen-bond acceptors (Lipinski definition) is 3. The Kier molecular flexibility index (Phi) is 2.02. The fourth-order valence-electron chi connectivity index (χ4n) is 0.399. The van der Waals surface area contributed by atoms with Crippen LogP contribution in [0.1, 0.15) is 5.01 Å². The summed E-state index contributed by atoms with van der Waals surface area (Å²) in [5, 5.41) is -1.39. The number of alkyl halides is 5. The lowest BCUT2D eigenvalue weighted by Gasteiger charge is -2.15. The molecular weight excluding hydrogens is 203 g/mol. The largest absolute Gasteiger partial charge is 0.460 e. The van der Waals surface area contributed by atoms with Gasteiger partial charge >= 0.3 is 12.1 Å². The molecule has 67 valence electrons. The summed E-state index contributed by atoms with van der Waals surface area (Å²) >= 11 is -0.0299.